The molecule has 0 N–H and O–H groups in total. The number of hydrogen-bond acceptors (Lipinski definition) is 7. The number of amides is 1. The third-order valence-electron chi connectivity index (χ3n) is 5.66. The molecule has 0 radical (unpaired) electrons. The quantitative estimate of drug-likeness (QED) is 0.318. The van der Waals surface area contributed by atoms with Crippen molar-refractivity contribution < 1.29 is 23.4 Å². The minimum atomic E-state index is -0.746. The summed E-state index contributed by atoms with van der Waals surface area (Å²) in [6.07, 6.45) is 3.20. The minimum absolute atomic E-state index is 0.0498. The predicted molar refractivity (Wildman–Crippen MR) is 132 cm³/mol. The van der Waals surface area contributed by atoms with Crippen molar-refractivity contribution in [3.8, 4) is 11.5 Å². The van der Waals surface area contributed by atoms with Crippen LogP contribution in [0.4, 0.5) is 15.9 Å². The van der Waals surface area contributed by atoms with E-state index in [2.05, 4.69) is 21.4 Å². The van der Waals surface area contributed by atoms with Gasteiger partial charge in [0.15, 0.2) is 23.1 Å². The van der Waals surface area contributed by atoms with E-state index in [0.29, 0.717) is 29.0 Å². The Labute approximate surface area is 207 Å². The lowest BCUT2D eigenvalue weighted by Crippen LogP contribution is -2.37. The molecule has 1 aromatic heterocycles. The molecule has 0 aliphatic carbocycles. The summed E-state index contributed by atoms with van der Waals surface area (Å²) in [5.41, 5.74) is 0.447. The maximum absolute atomic E-state index is 14.9. The summed E-state index contributed by atoms with van der Waals surface area (Å²) in [6.45, 7) is 8.21. The molecule has 0 unspecified atom stereocenters. The standard InChI is InChI=1S/C25H26ClFN4O4/c1-3-23(32)31(20-7-4-6-18(26)24(20)27)25-17-14-22(21(33-2)15-19(17)28-16-29-25)35-11-5-8-30-9-12-34-13-10-30/h3-4,6-7,14-16H,1,5,8-13H2,2H3. The van der Waals surface area contributed by atoms with Gasteiger partial charge in [-0.25, -0.2) is 14.4 Å². The van der Waals surface area contributed by atoms with Crippen LogP contribution in [0.5, 0.6) is 11.5 Å². The molecule has 1 fully saturated rings. The topological polar surface area (TPSA) is 77.0 Å². The largest absolute Gasteiger partial charge is 0.493 e. The van der Waals surface area contributed by atoms with Crippen LogP contribution in [-0.4, -0.2) is 67.3 Å². The maximum atomic E-state index is 14.9. The third-order valence-corrected chi connectivity index (χ3v) is 5.95. The zero-order chi connectivity index (χ0) is 24.8. The summed E-state index contributed by atoms with van der Waals surface area (Å²) in [6, 6.07) is 7.80. The molecular weight excluding hydrogens is 475 g/mol. The van der Waals surface area contributed by atoms with E-state index in [9.17, 15) is 9.18 Å². The Balaban J connectivity index is 1.67. The molecular formula is C25H26ClFN4O4. The molecule has 1 saturated heterocycles. The first kappa shape index (κ1) is 24.8. The van der Waals surface area contributed by atoms with Gasteiger partial charge in [-0.2, -0.15) is 0 Å². The van der Waals surface area contributed by atoms with E-state index in [1.165, 1.54) is 18.5 Å². The number of benzene rings is 2. The second-order valence-corrected chi connectivity index (χ2v) is 8.23. The van der Waals surface area contributed by atoms with Gasteiger partial charge in [0.1, 0.15) is 6.33 Å². The van der Waals surface area contributed by atoms with E-state index in [0.717, 1.165) is 50.2 Å². The van der Waals surface area contributed by atoms with Crippen LogP contribution in [0.3, 0.4) is 0 Å². The molecule has 2 heterocycles. The Bertz CT molecular complexity index is 1220. The predicted octanol–water partition coefficient (Wildman–Crippen LogP) is 4.38. The van der Waals surface area contributed by atoms with E-state index in [1.54, 1.807) is 25.3 Å². The summed E-state index contributed by atoms with van der Waals surface area (Å²) in [7, 11) is 1.54. The van der Waals surface area contributed by atoms with Crippen LogP contribution < -0.4 is 14.4 Å². The Hall–Kier alpha value is -3.27. The second kappa shape index (κ2) is 11.4. The Morgan fingerprint density at radius 3 is 2.83 bits per heavy atom. The van der Waals surface area contributed by atoms with Gasteiger partial charge in [0, 0.05) is 31.1 Å². The van der Waals surface area contributed by atoms with Gasteiger partial charge in [-0.3, -0.25) is 14.6 Å². The van der Waals surface area contributed by atoms with Crippen molar-refractivity contribution in [2.75, 3.05) is 51.5 Å². The summed E-state index contributed by atoms with van der Waals surface area (Å²) in [5.74, 6) is -0.194. The highest BCUT2D eigenvalue weighted by molar-refractivity contribution is 6.31. The average molecular weight is 501 g/mol. The molecule has 8 nitrogen and oxygen atoms in total. The Kier molecular flexibility index (Phi) is 8.12. The number of fused-ring (bicyclic) bond motifs is 1. The molecule has 1 aliphatic rings. The van der Waals surface area contributed by atoms with Gasteiger partial charge >= 0.3 is 0 Å². The number of anilines is 2. The van der Waals surface area contributed by atoms with Crippen molar-refractivity contribution in [2.24, 2.45) is 0 Å². The monoisotopic (exact) mass is 500 g/mol. The van der Waals surface area contributed by atoms with Gasteiger partial charge in [0.2, 0.25) is 0 Å². The van der Waals surface area contributed by atoms with E-state index in [4.69, 9.17) is 25.8 Å². The number of methoxy groups -OCH3 is 1. The summed E-state index contributed by atoms with van der Waals surface area (Å²) >= 11 is 5.98. The fraction of sp³-hybridized carbons (Fsp3) is 0.320. The maximum Gasteiger partial charge on any atom is 0.256 e. The van der Waals surface area contributed by atoms with Crippen molar-refractivity contribution in [1.29, 1.82) is 0 Å². The Morgan fingerprint density at radius 1 is 1.29 bits per heavy atom. The van der Waals surface area contributed by atoms with Crippen molar-refractivity contribution in [3.63, 3.8) is 0 Å². The highest BCUT2D eigenvalue weighted by Crippen LogP contribution is 2.38. The van der Waals surface area contributed by atoms with Gasteiger partial charge < -0.3 is 14.2 Å². The lowest BCUT2D eigenvalue weighted by atomic mass is 10.1. The van der Waals surface area contributed by atoms with E-state index in [1.807, 2.05) is 0 Å². The molecule has 0 saturated carbocycles. The number of carbonyl (C=O) groups is 1. The zero-order valence-electron chi connectivity index (χ0n) is 19.4. The number of hydrogen-bond donors (Lipinski definition) is 0. The van der Waals surface area contributed by atoms with Crippen molar-refractivity contribution >= 4 is 39.9 Å². The third kappa shape index (κ3) is 5.53. The molecule has 1 aliphatic heterocycles. The van der Waals surface area contributed by atoms with Crippen LogP contribution in [-0.2, 0) is 9.53 Å². The fourth-order valence-electron chi connectivity index (χ4n) is 3.89. The van der Waals surface area contributed by atoms with Crippen molar-refractivity contribution in [3.05, 3.63) is 60.2 Å². The van der Waals surface area contributed by atoms with Crippen LogP contribution in [0.1, 0.15) is 6.42 Å². The first-order valence-corrected chi connectivity index (χ1v) is 11.6. The van der Waals surface area contributed by atoms with E-state index < -0.39 is 11.7 Å². The van der Waals surface area contributed by atoms with Gasteiger partial charge in [-0.1, -0.05) is 24.2 Å². The number of ether oxygens (including phenoxy) is 3. The molecule has 0 spiro atoms. The molecule has 0 bridgehead atoms. The number of rotatable bonds is 9. The van der Waals surface area contributed by atoms with Crippen LogP contribution in [0.2, 0.25) is 5.02 Å². The van der Waals surface area contributed by atoms with Gasteiger partial charge in [-0.15, -0.1) is 0 Å². The molecule has 10 heteroatoms. The summed E-state index contributed by atoms with van der Waals surface area (Å²) < 4.78 is 31.9. The lowest BCUT2D eigenvalue weighted by molar-refractivity contribution is -0.113. The van der Waals surface area contributed by atoms with E-state index >= 15 is 0 Å². The molecule has 35 heavy (non-hydrogen) atoms. The smallest absolute Gasteiger partial charge is 0.256 e. The van der Waals surface area contributed by atoms with E-state index in [-0.39, 0.29) is 16.5 Å². The Morgan fingerprint density at radius 2 is 2.09 bits per heavy atom. The van der Waals surface area contributed by atoms with Crippen LogP contribution in [0, 0.1) is 5.82 Å². The number of aromatic nitrogens is 2. The number of carbonyl (C=O) groups excluding carboxylic acids is 1. The van der Waals surface area contributed by atoms with Crippen LogP contribution >= 0.6 is 11.6 Å². The second-order valence-electron chi connectivity index (χ2n) is 7.82. The highest BCUT2D eigenvalue weighted by Gasteiger charge is 2.25. The fourth-order valence-corrected chi connectivity index (χ4v) is 4.06. The first-order valence-electron chi connectivity index (χ1n) is 11.2. The zero-order valence-corrected chi connectivity index (χ0v) is 20.1. The number of halogens is 2. The minimum Gasteiger partial charge on any atom is -0.493 e. The molecule has 3 aromatic rings. The van der Waals surface area contributed by atoms with Crippen LogP contribution in [0.25, 0.3) is 10.9 Å². The lowest BCUT2D eigenvalue weighted by Gasteiger charge is -2.26. The van der Waals surface area contributed by atoms with Gasteiger partial charge in [0.05, 0.1) is 43.2 Å². The molecule has 1 amide bonds. The number of nitrogens with zero attached hydrogens (tertiary/aromatic N) is 4. The summed E-state index contributed by atoms with van der Waals surface area (Å²) in [4.78, 5) is 24.9. The molecule has 184 valence electrons. The molecule has 4 rings (SSSR count). The van der Waals surface area contributed by atoms with Gasteiger partial charge in [-0.05, 0) is 30.7 Å². The van der Waals surface area contributed by atoms with Gasteiger partial charge in [0.25, 0.3) is 5.91 Å². The number of morpholine rings is 1. The highest BCUT2D eigenvalue weighted by atomic mass is 35.5. The normalized spacial score (nSPS) is 14.0. The van der Waals surface area contributed by atoms with Crippen molar-refractivity contribution in [2.45, 2.75) is 6.42 Å². The van der Waals surface area contributed by atoms with Crippen molar-refractivity contribution in [1.82, 2.24) is 14.9 Å². The first-order chi connectivity index (χ1) is 17.0. The SMILES string of the molecule is C=CC(=O)N(c1cccc(Cl)c1F)c1ncnc2cc(OC)c(OCCCN3CCOCC3)cc12. The molecule has 0 atom stereocenters. The summed E-state index contributed by atoms with van der Waals surface area (Å²) in [5, 5.41) is 0.361. The molecule has 2 aromatic carbocycles. The average Bonchev–Trinajstić information content (AvgIpc) is 2.89. The van der Waals surface area contributed by atoms with Crippen LogP contribution in [0.15, 0.2) is 49.3 Å².